The highest BCUT2D eigenvalue weighted by Crippen LogP contribution is 2.18. The van der Waals surface area contributed by atoms with Crippen LogP contribution in [0.3, 0.4) is 0 Å². The molecule has 2 N–H and O–H groups in total. The second-order valence-corrected chi connectivity index (χ2v) is 3.72. The first kappa shape index (κ1) is 9.52. The molecule has 0 aliphatic carbocycles. The number of amides is 1. The van der Waals surface area contributed by atoms with Gasteiger partial charge < -0.3 is 10.6 Å². The molecule has 0 spiro atoms. The summed E-state index contributed by atoms with van der Waals surface area (Å²) in [5, 5.41) is 0. The second-order valence-electron chi connectivity index (χ2n) is 3.72. The maximum Gasteiger partial charge on any atom is 0.225 e. The molecule has 12 heavy (non-hydrogen) atoms. The maximum atomic E-state index is 11.6. The van der Waals surface area contributed by atoms with E-state index in [0.717, 1.165) is 19.4 Å². The summed E-state index contributed by atoms with van der Waals surface area (Å²) >= 11 is 0. The molecule has 0 aromatic rings. The van der Waals surface area contributed by atoms with Crippen molar-refractivity contribution in [1.82, 2.24) is 4.90 Å². The molecule has 1 amide bonds. The van der Waals surface area contributed by atoms with E-state index >= 15 is 0 Å². The van der Waals surface area contributed by atoms with E-state index in [0.29, 0.717) is 12.6 Å². The van der Waals surface area contributed by atoms with E-state index in [1.165, 1.54) is 0 Å². The van der Waals surface area contributed by atoms with Crippen molar-refractivity contribution in [2.75, 3.05) is 13.1 Å². The predicted octanol–water partition coefficient (Wildman–Crippen LogP) is 0.592. The number of carbonyl (C=O) groups excluding carboxylic acids is 1. The number of hydrogen-bond donors (Lipinski definition) is 1. The fourth-order valence-corrected chi connectivity index (χ4v) is 1.70. The van der Waals surface area contributed by atoms with Gasteiger partial charge in [-0.15, -0.1) is 0 Å². The Bertz CT molecular complexity index is 168. The molecular weight excluding hydrogens is 152 g/mol. The maximum absolute atomic E-state index is 11.6. The average molecular weight is 170 g/mol. The molecular formula is C9H18N2O. The highest BCUT2D eigenvalue weighted by Gasteiger charge is 2.28. The van der Waals surface area contributed by atoms with Gasteiger partial charge in [-0.1, -0.05) is 13.8 Å². The van der Waals surface area contributed by atoms with Crippen LogP contribution in [-0.4, -0.2) is 29.9 Å². The topological polar surface area (TPSA) is 46.3 Å². The third-order valence-corrected chi connectivity index (χ3v) is 2.43. The van der Waals surface area contributed by atoms with Gasteiger partial charge in [-0.3, -0.25) is 4.79 Å². The van der Waals surface area contributed by atoms with E-state index < -0.39 is 0 Å². The summed E-state index contributed by atoms with van der Waals surface area (Å²) in [7, 11) is 0. The number of likely N-dealkylation sites (tertiary alicyclic amines) is 1. The largest absolute Gasteiger partial charge is 0.338 e. The number of carbonyl (C=O) groups is 1. The van der Waals surface area contributed by atoms with Crippen LogP contribution in [0, 0.1) is 5.92 Å². The normalized spacial score (nSPS) is 23.7. The van der Waals surface area contributed by atoms with Crippen molar-refractivity contribution in [1.29, 1.82) is 0 Å². The lowest BCUT2D eigenvalue weighted by molar-refractivity contribution is -0.135. The summed E-state index contributed by atoms with van der Waals surface area (Å²) in [5.74, 6) is 0.361. The van der Waals surface area contributed by atoms with Gasteiger partial charge in [0.05, 0.1) is 0 Å². The van der Waals surface area contributed by atoms with Crippen LogP contribution in [0.1, 0.15) is 26.7 Å². The zero-order chi connectivity index (χ0) is 9.14. The van der Waals surface area contributed by atoms with E-state index in [1.54, 1.807) is 0 Å². The lowest BCUT2D eigenvalue weighted by atomic mass is 10.1. The van der Waals surface area contributed by atoms with Crippen molar-refractivity contribution in [3.05, 3.63) is 0 Å². The Labute approximate surface area is 73.9 Å². The van der Waals surface area contributed by atoms with Crippen LogP contribution in [0.15, 0.2) is 0 Å². The Morgan fingerprint density at radius 3 is 2.83 bits per heavy atom. The molecule has 1 heterocycles. The number of nitrogens with two attached hydrogens (primary N) is 1. The molecule has 1 atom stereocenters. The van der Waals surface area contributed by atoms with Crippen LogP contribution in [0.25, 0.3) is 0 Å². The van der Waals surface area contributed by atoms with E-state index in [2.05, 4.69) is 0 Å². The van der Waals surface area contributed by atoms with E-state index in [-0.39, 0.29) is 11.8 Å². The summed E-state index contributed by atoms with van der Waals surface area (Å²) in [5.41, 5.74) is 5.57. The van der Waals surface area contributed by atoms with E-state index in [4.69, 9.17) is 5.73 Å². The number of rotatable bonds is 2. The van der Waals surface area contributed by atoms with Crippen LogP contribution in [0.5, 0.6) is 0 Å². The van der Waals surface area contributed by atoms with Crippen LogP contribution in [0.2, 0.25) is 0 Å². The highest BCUT2D eigenvalue weighted by atomic mass is 16.2. The first-order valence-corrected chi connectivity index (χ1v) is 4.67. The van der Waals surface area contributed by atoms with Crippen molar-refractivity contribution in [2.45, 2.75) is 32.7 Å². The molecule has 3 heteroatoms. The van der Waals surface area contributed by atoms with Crippen LogP contribution in [-0.2, 0) is 4.79 Å². The highest BCUT2D eigenvalue weighted by molar-refractivity contribution is 5.78. The van der Waals surface area contributed by atoms with Crippen LogP contribution < -0.4 is 5.73 Å². The quantitative estimate of drug-likeness (QED) is 0.659. The fourth-order valence-electron chi connectivity index (χ4n) is 1.70. The van der Waals surface area contributed by atoms with E-state index in [9.17, 15) is 4.79 Å². The summed E-state index contributed by atoms with van der Waals surface area (Å²) in [4.78, 5) is 13.5. The van der Waals surface area contributed by atoms with Crippen molar-refractivity contribution < 1.29 is 4.79 Å². The smallest absolute Gasteiger partial charge is 0.225 e. The molecule has 1 aliphatic rings. The molecule has 1 saturated heterocycles. The third kappa shape index (κ3) is 1.78. The lowest BCUT2D eigenvalue weighted by Crippen LogP contribution is -2.41. The van der Waals surface area contributed by atoms with Gasteiger partial charge in [0, 0.05) is 25.0 Å². The molecule has 70 valence electrons. The van der Waals surface area contributed by atoms with Gasteiger partial charge in [0.1, 0.15) is 0 Å². The molecule has 0 bridgehead atoms. The van der Waals surface area contributed by atoms with Crippen LogP contribution in [0.4, 0.5) is 0 Å². The van der Waals surface area contributed by atoms with Gasteiger partial charge in [-0.25, -0.2) is 0 Å². The molecule has 1 rings (SSSR count). The Hall–Kier alpha value is -0.570. The first-order valence-electron chi connectivity index (χ1n) is 4.67. The SMILES string of the molecule is CC(C)C(=O)N1CCC[C@H]1CN. The standard InChI is InChI=1S/C9H18N2O/c1-7(2)9(12)11-5-3-4-8(11)6-10/h7-8H,3-6,10H2,1-2H3/t8-/m0/s1. The predicted molar refractivity (Wildman–Crippen MR) is 48.6 cm³/mol. The molecule has 1 fully saturated rings. The fraction of sp³-hybridized carbons (Fsp3) is 0.889. The monoisotopic (exact) mass is 170 g/mol. The molecule has 0 unspecified atom stereocenters. The Morgan fingerprint density at radius 1 is 1.67 bits per heavy atom. The first-order chi connectivity index (χ1) is 5.66. The summed E-state index contributed by atoms with van der Waals surface area (Å²) < 4.78 is 0. The lowest BCUT2D eigenvalue weighted by Gasteiger charge is -2.25. The molecule has 0 aromatic carbocycles. The minimum atomic E-state index is 0.108. The summed E-state index contributed by atoms with van der Waals surface area (Å²) in [6.45, 7) is 5.39. The molecule has 0 saturated carbocycles. The number of nitrogens with zero attached hydrogens (tertiary/aromatic N) is 1. The summed E-state index contributed by atoms with van der Waals surface area (Å²) in [6, 6.07) is 0.305. The van der Waals surface area contributed by atoms with Crippen LogP contribution >= 0.6 is 0 Å². The Balaban J connectivity index is 2.55. The zero-order valence-corrected chi connectivity index (χ0v) is 7.92. The van der Waals surface area contributed by atoms with Gasteiger partial charge in [-0.2, -0.15) is 0 Å². The molecule has 0 radical (unpaired) electrons. The van der Waals surface area contributed by atoms with Gasteiger partial charge >= 0.3 is 0 Å². The average Bonchev–Trinajstić information content (AvgIpc) is 2.49. The van der Waals surface area contributed by atoms with Gasteiger partial charge in [0.15, 0.2) is 0 Å². The molecule has 0 aromatic heterocycles. The Kier molecular flexibility index (Phi) is 3.09. The second kappa shape index (κ2) is 3.90. The van der Waals surface area contributed by atoms with Crippen molar-refractivity contribution in [2.24, 2.45) is 11.7 Å². The molecule has 1 aliphatic heterocycles. The minimum Gasteiger partial charge on any atom is -0.338 e. The number of hydrogen-bond acceptors (Lipinski definition) is 2. The van der Waals surface area contributed by atoms with Crippen molar-refractivity contribution in [3.63, 3.8) is 0 Å². The summed E-state index contributed by atoms with van der Waals surface area (Å²) in [6.07, 6.45) is 2.19. The molecule has 3 nitrogen and oxygen atoms in total. The zero-order valence-electron chi connectivity index (χ0n) is 7.92. The van der Waals surface area contributed by atoms with Gasteiger partial charge in [-0.05, 0) is 12.8 Å². The van der Waals surface area contributed by atoms with Gasteiger partial charge in [0.2, 0.25) is 5.91 Å². The van der Waals surface area contributed by atoms with Crippen molar-refractivity contribution in [3.8, 4) is 0 Å². The van der Waals surface area contributed by atoms with Gasteiger partial charge in [0.25, 0.3) is 0 Å². The minimum absolute atomic E-state index is 0.108. The van der Waals surface area contributed by atoms with Crippen molar-refractivity contribution >= 4 is 5.91 Å². The Morgan fingerprint density at radius 2 is 2.33 bits per heavy atom. The van der Waals surface area contributed by atoms with E-state index in [1.807, 2.05) is 18.7 Å². The third-order valence-electron chi connectivity index (χ3n) is 2.43.